The van der Waals surface area contributed by atoms with Gasteiger partial charge in [-0.15, -0.1) is 0 Å². The van der Waals surface area contributed by atoms with Gasteiger partial charge in [0.25, 0.3) is 0 Å². The Morgan fingerprint density at radius 1 is 0.848 bits per heavy atom. The van der Waals surface area contributed by atoms with Crippen molar-refractivity contribution < 1.29 is 23.1 Å². The maximum absolute atomic E-state index is 14.6. The molecular formula is C40H41O5P. The molecule has 1 heterocycles. The van der Waals surface area contributed by atoms with Gasteiger partial charge in [0, 0.05) is 17.8 Å². The molecule has 3 aromatic carbocycles. The molecule has 2 saturated carbocycles. The SMILES string of the molecule is C=C1CCO[C@]12CC[C@H]1[C@@H]3CCC4=CC(=O)CCC4=C3[C@@H](c3ccc(P(=O)(Oc4ccccc4)Oc4ccccc4)cc3)C[C@@]12C. The minimum atomic E-state index is -3.79. The standard InChI is InChI=1S/C40H41O5P/c1-27-22-24-43-40(27)23-21-37-35-19-15-29-25-30(41)16-20-34(29)38(35)36(26-39(37,40)2)28-13-17-33(18-14-28)46(42,44-31-9-5-3-6-10-31)45-32-11-7-4-8-12-32/h3-14,17-18,25,35-37H,1,15-16,19-24,26H2,2H3/t35-,36+,37-,39-,40+/m0/s1. The van der Waals surface area contributed by atoms with E-state index in [0.29, 0.717) is 35.1 Å². The lowest BCUT2D eigenvalue weighted by atomic mass is 9.50. The summed E-state index contributed by atoms with van der Waals surface area (Å²) in [5.74, 6) is 2.38. The Bertz CT molecular complexity index is 1750. The van der Waals surface area contributed by atoms with E-state index in [1.165, 1.54) is 27.9 Å². The van der Waals surface area contributed by atoms with Crippen molar-refractivity contribution in [3.05, 3.63) is 125 Å². The van der Waals surface area contributed by atoms with E-state index in [1.54, 1.807) is 24.3 Å². The van der Waals surface area contributed by atoms with Gasteiger partial charge >= 0.3 is 7.60 Å². The van der Waals surface area contributed by atoms with Crippen molar-refractivity contribution in [3.8, 4) is 11.5 Å². The van der Waals surface area contributed by atoms with E-state index >= 15 is 0 Å². The summed E-state index contributed by atoms with van der Waals surface area (Å²) in [5.41, 5.74) is 6.36. The highest BCUT2D eigenvalue weighted by Gasteiger charge is 2.66. The van der Waals surface area contributed by atoms with Gasteiger partial charge in [-0.25, -0.2) is 4.57 Å². The largest absolute Gasteiger partial charge is 0.462 e. The Morgan fingerprint density at radius 3 is 2.15 bits per heavy atom. The van der Waals surface area contributed by atoms with Gasteiger partial charge in [-0.1, -0.05) is 67.6 Å². The summed E-state index contributed by atoms with van der Waals surface area (Å²) >= 11 is 0. The minimum absolute atomic E-state index is 0.0352. The number of carbonyl (C=O) groups excluding carboxylic acids is 1. The number of carbonyl (C=O) groups is 1. The molecule has 5 aliphatic rings. The summed E-state index contributed by atoms with van der Waals surface area (Å²) < 4.78 is 33.6. The fraction of sp³-hybridized carbons (Fsp3) is 0.375. The van der Waals surface area contributed by atoms with E-state index in [4.69, 9.17) is 13.8 Å². The Kier molecular flexibility index (Phi) is 7.27. The molecule has 0 amide bonds. The van der Waals surface area contributed by atoms with Crippen LogP contribution in [0, 0.1) is 17.3 Å². The predicted octanol–water partition coefficient (Wildman–Crippen LogP) is 9.28. The number of hydrogen-bond acceptors (Lipinski definition) is 5. The number of ether oxygens (including phenoxy) is 1. The third-order valence-corrected chi connectivity index (χ3v) is 13.6. The van der Waals surface area contributed by atoms with Crippen LogP contribution in [0.2, 0.25) is 0 Å². The molecule has 3 aromatic rings. The smallest absolute Gasteiger partial charge is 0.413 e. The van der Waals surface area contributed by atoms with Gasteiger partial charge in [-0.3, -0.25) is 4.79 Å². The van der Waals surface area contributed by atoms with Crippen LogP contribution in [0.5, 0.6) is 11.5 Å². The highest BCUT2D eigenvalue weighted by Crippen LogP contribution is 2.70. The van der Waals surface area contributed by atoms with Crippen LogP contribution >= 0.6 is 7.60 Å². The molecule has 1 saturated heterocycles. The van der Waals surface area contributed by atoms with E-state index in [2.05, 4.69) is 25.6 Å². The van der Waals surface area contributed by atoms with Gasteiger partial charge in [0.1, 0.15) is 11.5 Å². The normalized spacial score (nSPS) is 30.5. The average Bonchev–Trinajstić information content (AvgIpc) is 3.60. The number of hydrogen-bond donors (Lipinski definition) is 0. The minimum Gasteiger partial charge on any atom is -0.413 e. The molecule has 1 aliphatic heterocycles. The Morgan fingerprint density at radius 2 is 1.52 bits per heavy atom. The summed E-state index contributed by atoms with van der Waals surface area (Å²) in [6.45, 7) is 7.79. The molecular weight excluding hydrogens is 591 g/mol. The molecule has 0 aromatic heterocycles. The van der Waals surface area contributed by atoms with Gasteiger partial charge < -0.3 is 13.8 Å². The van der Waals surface area contributed by atoms with Gasteiger partial charge in [0.15, 0.2) is 5.78 Å². The monoisotopic (exact) mass is 632 g/mol. The number of para-hydroxylation sites is 2. The highest BCUT2D eigenvalue weighted by atomic mass is 31.2. The molecule has 46 heavy (non-hydrogen) atoms. The average molecular weight is 633 g/mol. The molecule has 1 spiro atoms. The summed E-state index contributed by atoms with van der Waals surface area (Å²) in [6, 6.07) is 26.5. The maximum Gasteiger partial charge on any atom is 0.462 e. The van der Waals surface area contributed by atoms with Crippen LogP contribution in [0.25, 0.3) is 0 Å². The lowest BCUT2D eigenvalue weighted by molar-refractivity contribution is -0.114. The summed E-state index contributed by atoms with van der Waals surface area (Å²) in [6.07, 6.45) is 9.47. The van der Waals surface area contributed by atoms with Crippen LogP contribution in [0.4, 0.5) is 0 Å². The Hall–Kier alpha value is -3.66. The molecule has 3 fully saturated rings. The predicted molar refractivity (Wildman–Crippen MR) is 181 cm³/mol. The van der Waals surface area contributed by atoms with Crippen LogP contribution in [0.3, 0.4) is 0 Å². The molecule has 0 bridgehead atoms. The summed E-state index contributed by atoms with van der Waals surface area (Å²) in [4.78, 5) is 12.5. The molecule has 6 heteroatoms. The fourth-order valence-corrected chi connectivity index (χ4v) is 11.2. The molecule has 4 aliphatic carbocycles. The van der Waals surface area contributed by atoms with E-state index in [1.807, 2.05) is 54.6 Å². The number of benzene rings is 3. The van der Waals surface area contributed by atoms with Gasteiger partial charge in [0.2, 0.25) is 0 Å². The zero-order valence-electron chi connectivity index (χ0n) is 26.5. The van der Waals surface area contributed by atoms with Crippen molar-refractivity contribution in [3.63, 3.8) is 0 Å². The second kappa shape index (κ2) is 11.2. The number of ketones is 1. The zero-order chi connectivity index (χ0) is 31.5. The van der Waals surface area contributed by atoms with Gasteiger partial charge in [-0.05, 0) is 122 Å². The van der Waals surface area contributed by atoms with E-state index < -0.39 is 7.60 Å². The third-order valence-electron chi connectivity index (χ3n) is 11.7. The zero-order valence-corrected chi connectivity index (χ0v) is 27.3. The lowest BCUT2D eigenvalue weighted by Gasteiger charge is -2.55. The first-order valence-corrected chi connectivity index (χ1v) is 18.3. The van der Waals surface area contributed by atoms with Crippen LogP contribution in [0.1, 0.15) is 69.8 Å². The molecule has 8 rings (SSSR count). The van der Waals surface area contributed by atoms with E-state index in [-0.39, 0.29) is 22.7 Å². The lowest BCUT2D eigenvalue weighted by Crippen LogP contribution is -2.52. The van der Waals surface area contributed by atoms with Crippen LogP contribution in [-0.4, -0.2) is 18.0 Å². The number of rotatable bonds is 6. The van der Waals surface area contributed by atoms with Crippen LogP contribution < -0.4 is 14.4 Å². The van der Waals surface area contributed by atoms with Crippen LogP contribution in [0.15, 0.2) is 120 Å². The Labute approximate surface area is 271 Å². The first kappa shape index (κ1) is 29.7. The highest BCUT2D eigenvalue weighted by molar-refractivity contribution is 7.63. The maximum atomic E-state index is 14.6. The fourth-order valence-electron chi connectivity index (χ4n) is 9.67. The van der Waals surface area contributed by atoms with Crippen LogP contribution in [-0.2, 0) is 14.1 Å². The van der Waals surface area contributed by atoms with Crippen molar-refractivity contribution in [2.75, 3.05) is 6.61 Å². The second-order valence-corrected chi connectivity index (χ2v) is 15.8. The number of fused-ring (bicyclic) bond motifs is 5. The molecule has 5 atom stereocenters. The molecule has 0 unspecified atom stereocenters. The van der Waals surface area contributed by atoms with Crippen molar-refractivity contribution in [2.24, 2.45) is 17.3 Å². The van der Waals surface area contributed by atoms with Crippen molar-refractivity contribution >= 4 is 18.7 Å². The summed E-state index contributed by atoms with van der Waals surface area (Å²) in [5, 5.41) is 0.510. The van der Waals surface area contributed by atoms with Crippen molar-refractivity contribution in [1.82, 2.24) is 0 Å². The number of allylic oxidation sites excluding steroid dienone is 4. The molecule has 0 radical (unpaired) electrons. The first-order valence-electron chi connectivity index (χ1n) is 16.8. The van der Waals surface area contributed by atoms with Gasteiger partial charge in [-0.2, -0.15) is 0 Å². The first-order chi connectivity index (χ1) is 22.3. The molecule has 0 N–H and O–H groups in total. The molecule has 236 valence electrons. The second-order valence-electron chi connectivity index (χ2n) is 14.0. The van der Waals surface area contributed by atoms with E-state index in [9.17, 15) is 9.36 Å². The third kappa shape index (κ3) is 4.69. The summed E-state index contributed by atoms with van der Waals surface area (Å²) in [7, 11) is -3.79. The van der Waals surface area contributed by atoms with Crippen molar-refractivity contribution in [1.29, 1.82) is 0 Å². The van der Waals surface area contributed by atoms with Gasteiger partial charge in [0.05, 0.1) is 17.5 Å². The topological polar surface area (TPSA) is 61.8 Å². The molecule has 5 nitrogen and oxygen atoms in total. The van der Waals surface area contributed by atoms with Crippen molar-refractivity contribution in [2.45, 2.75) is 69.8 Å². The quantitative estimate of drug-likeness (QED) is 0.200. The Balaban J connectivity index is 1.21. The van der Waals surface area contributed by atoms with E-state index in [0.717, 1.165) is 51.6 Å².